The topological polar surface area (TPSA) is 72.5 Å². The molecule has 1 aromatic heterocycles. The van der Waals surface area contributed by atoms with Crippen molar-refractivity contribution < 1.29 is 14.3 Å². The van der Waals surface area contributed by atoms with E-state index in [1.807, 2.05) is 43.3 Å². The summed E-state index contributed by atoms with van der Waals surface area (Å²) in [6.07, 6.45) is 0.920. The van der Waals surface area contributed by atoms with Gasteiger partial charge in [0.15, 0.2) is 5.13 Å². The number of nitrogens with one attached hydrogen (secondary N) is 2. The van der Waals surface area contributed by atoms with Crippen LogP contribution in [0.3, 0.4) is 0 Å². The van der Waals surface area contributed by atoms with E-state index < -0.39 is 0 Å². The lowest BCUT2D eigenvalue weighted by molar-refractivity contribution is 0.0954. The molecule has 0 spiro atoms. The highest BCUT2D eigenvalue weighted by Gasteiger charge is 2.16. The number of hydrogen-bond acceptors (Lipinski definition) is 6. The highest BCUT2D eigenvalue weighted by atomic mass is 32.1. The van der Waals surface area contributed by atoms with Gasteiger partial charge in [-0.1, -0.05) is 36.5 Å². The van der Waals surface area contributed by atoms with E-state index >= 15 is 0 Å². The van der Waals surface area contributed by atoms with Crippen molar-refractivity contribution in [3.05, 3.63) is 64.2 Å². The summed E-state index contributed by atoms with van der Waals surface area (Å²) in [5, 5.41) is 6.99. The van der Waals surface area contributed by atoms with Crippen LogP contribution in [0.25, 0.3) is 0 Å². The maximum absolute atomic E-state index is 12.7. The van der Waals surface area contributed by atoms with E-state index in [1.165, 1.54) is 16.9 Å². The third-order valence-electron chi connectivity index (χ3n) is 4.57. The summed E-state index contributed by atoms with van der Waals surface area (Å²) in [6.45, 7) is 4.28. The Morgan fingerprint density at radius 3 is 2.62 bits per heavy atom. The Balaban J connectivity index is 1.72. The molecule has 3 rings (SSSR count). The summed E-state index contributed by atoms with van der Waals surface area (Å²) >= 11 is 1.34. The molecule has 0 atom stereocenters. The molecule has 0 aliphatic heterocycles. The van der Waals surface area contributed by atoms with Crippen molar-refractivity contribution in [2.75, 3.05) is 19.5 Å². The number of aromatic nitrogens is 1. The number of amides is 1. The van der Waals surface area contributed by atoms with Gasteiger partial charge in [0.05, 0.1) is 19.9 Å². The van der Waals surface area contributed by atoms with Crippen molar-refractivity contribution in [3.63, 3.8) is 0 Å². The van der Waals surface area contributed by atoms with Crippen molar-refractivity contribution in [2.24, 2.45) is 0 Å². The van der Waals surface area contributed by atoms with Crippen molar-refractivity contribution in [1.82, 2.24) is 10.3 Å². The molecule has 0 bridgehead atoms. The Morgan fingerprint density at radius 2 is 1.90 bits per heavy atom. The lowest BCUT2D eigenvalue weighted by atomic mass is 10.1. The number of carbonyl (C=O) groups excluding carboxylic acids is 1. The van der Waals surface area contributed by atoms with E-state index in [2.05, 4.69) is 28.6 Å². The third kappa shape index (κ3) is 4.86. The first kappa shape index (κ1) is 20.7. The van der Waals surface area contributed by atoms with Crippen LogP contribution in [0.4, 0.5) is 10.8 Å². The minimum Gasteiger partial charge on any atom is -0.497 e. The normalized spacial score (nSPS) is 10.5. The van der Waals surface area contributed by atoms with Gasteiger partial charge in [-0.3, -0.25) is 4.79 Å². The molecule has 3 aromatic rings. The molecule has 0 aliphatic rings. The van der Waals surface area contributed by atoms with Gasteiger partial charge in [-0.05, 0) is 43.2 Å². The molecule has 0 saturated heterocycles. The predicted octanol–water partition coefficient (Wildman–Crippen LogP) is 4.70. The van der Waals surface area contributed by atoms with E-state index in [0.717, 1.165) is 17.7 Å². The molecule has 152 valence electrons. The molecular formula is C22H25N3O3S. The minimum absolute atomic E-state index is 0.165. The molecule has 2 aromatic carbocycles. The number of thiazole rings is 1. The number of carbonyl (C=O) groups is 1. The van der Waals surface area contributed by atoms with E-state index in [9.17, 15) is 4.79 Å². The summed E-state index contributed by atoms with van der Waals surface area (Å²) < 4.78 is 10.6. The standard InChI is InChI=1S/C22H25N3O3S/c1-5-15-8-6-7-9-18(15)25-22-24-14(2)20(29-22)21(26)23-13-16-12-17(27-3)10-11-19(16)28-4/h6-12H,5,13H2,1-4H3,(H,23,26)(H,24,25). The summed E-state index contributed by atoms with van der Waals surface area (Å²) in [5.74, 6) is 1.25. The van der Waals surface area contributed by atoms with Crippen LogP contribution >= 0.6 is 11.3 Å². The summed E-state index contributed by atoms with van der Waals surface area (Å²) in [7, 11) is 3.21. The second-order valence-electron chi connectivity index (χ2n) is 6.43. The molecule has 6 nitrogen and oxygen atoms in total. The Hall–Kier alpha value is -3.06. The third-order valence-corrected chi connectivity index (χ3v) is 5.64. The zero-order chi connectivity index (χ0) is 20.8. The molecule has 1 amide bonds. The Bertz CT molecular complexity index is 1000. The van der Waals surface area contributed by atoms with Crippen molar-refractivity contribution in [3.8, 4) is 11.5 Å². The molecule has 29 heavy (non-hydrogen) atoms. The fourth-order valence-electron chi connectivity index (χ4n) is 3.00. The zero-order valence-corrected chi connectivity index (χ0v) is 17.9. The van der Waals surface area contributed by atoms with E-state index in [1.54, 1.807) is 14.2 Å². The van der Waals surface area contributed by atoms with Crippen LogP contribution in [-0.2, 0) is 13.0 Å². The molecule has 0 unspecified atom stereocenters. The van der Waals surface area contributed by atoms with Crippen molar-refractivity contribution >= 4 is 28.1 Å². The molecule has 0 aliphatic carbocycles. The average molecular weight is 412 g/mol. The number of benzene rings is 2. The monoisotopic (exact) mass is 411 g/mol. The number of anilines is 2. The number of nitrogens with zero attached hydrogens (tertiary/aromatic N) is 1. The van der Waals surface area contributed by atoms with Gasteiger partial charge in [0, 0.05) is 17.8 Å². The SMILES string of the molecule is CCc1ccccc1Nc1nc(C)c(C(=O)NCc2cc(OC)ccc2OC)s1. The number of hydrogen-bond donors (Lipinski definition) is 2. The number of ether oxygens (including phenoxy) is 2. The van der Waals surface area contributed by atoms with Crippen LogP contribution in [0.15, 0.2) is 42.5 Å². The van der Waals surface area contributed by atoms with E-state index in [4.69, 9.17) is 9.47 Å². The second-order valence-corrected chi connectivity index (χ2v) is 7.43. The van der Waals surface area contributed by atoms with Gasteiger partial charge in [0.1, 0.15) is 16.4 Å². The summed E-state index contributed by atoms with van der Waals surface area (Å²) in [6, 6.07) is 13.6. The number of aryl methyl sites for hydroxylation is 2. The largest absolute Gasteiger partial charge is 0.497 e. The first-order chi connectivity index (χ1) is 14.0. The molecule has 0 fully saturated rings. The van der Waals surface area contributed by atoms with Gasteiger partial charge in [-0.25, -0.2) is 4.98 Å². The second kappa shape index (κ2) is 9.43. The molecular weight excluding hydrogens is 386 g/mol. The summed E-state index contributed by atoms with van der Waals surface area (Å²) in [4.78, 5) is 17.8. The smallest absolute Gasteiger partial charge is 0.263 e. The average Bonchev–Trinajstić information content (AvgIpc) is 3.12. The number of rotatable bonds is 8. The predicted molar refractivity (Wildman–Crippen MR) is 117 cm³/mol. The van der Waals surface area contributed by atoms with Gasteiger partial charge < -0.3 is 20.1 Å². The van der Waals surface area contributed by atoms with Crippen LogP contribution in [-0.4, -0.2) is 25.1 Å². The Kier molecular flexibility index (Phi) is 6.72. The highest BCUT2D eigenvalue weighted by molar-refractivity contribution is 7.17. The number of methoxy groups -OCH3 is 2. The van der Waals surface area contributed by atoms with Crippen molar-refractivity contribution in [2.45, 2.75) is 26.8 Å². The quantitative estimate of drug-likeness (QED) is 0.562. The maximum atomic E-state index is 12.7. The van der Waals surface area contributed by atoms with Gasteiger partial charge in [-0.15, -0.1) is 0 Å². The van der Waals surface area contributed by atoms with Crippen LogP contribution < -0.4 is 20.1 Å². The Morgan fingerprint density at radius 1 is 1.10 bits per heavy atom. The van der Waals surface area contributed by atoms with Crippen LogP contribution in [0, 0.1) is 6.92 Å². The first-order valence-electron chi connectivity index (χ1n) is 9.37. The van der Waals surface area contributed by atoms with Crippen LogP contribution in [0.1, 0.15) is 33.4 Å². The van der Waals surface area contributed by atoms with Gasteiger partial charge in [0.25, 0.3) is 5.91 Å². The van der Waals surface area contributed by atoms with Gasteiger partial charge in [-0.2, -0.15) is 0 Å². The van der Waals surface area contributed by atoms with E-state index in [-0.39, 0.29) is 5.91 Å². The first-order valence-corrected chi connectivity index (χ1v) is 10.2. The van der Waals surface area contributed by atoms with Crippen LogP contribution in [0.2, 0.25) is 0 Å². The Labute approximate surface area is 174 Å². The van der Waals surface area contributed by atoms with Gasteiger partial charge >= 0.3 is 0 Å². The fraction of sp³-hybridized carbons (Fsp3) is 0.273. The number of para-hydroxylation sites is 1. The molecule has 1 heterocycles. The van der Waals surface area contributed by atoms with E-state index in [0.29, 0.717) is 33.7 Å². The fourth-order valence-corrected chi connectivity index (χ4v) is 3.90. The highest BCUT2D eigenvalue weighted by Crippen LogP contribution is 2.28. The zero-order valence-electron chi connectivity index (χ0n) is 17.0. The molecule has 7 heteroatoms. The molecule has 0 saturated carbocycles. The summed E-state index contributed by atoms with van der Waals surface area (Å²) in [5.41, 5.74) is 3.76. The minimum atomic E-state index is -0.165. The van der Waals surface area contributed by atoms with Crippen LogP contribution in [0.5, 0.6) is 11.5 Å². The van der Waals surface area contributed by atoms with Gasteiger partial charge in [0.2, 0.25) is 0 Å². The lowest BCUT2D eigenvalue weighted by Crippen LogP contribution is -2.22. The maximum Gasteiger partial charge on any atom is 0.263 e. The lowest BCUT2D eigenvalue weighted by Gasteiger charge is -2.11. The van der Waals surface area contributed by atoms with Crippen molar-refractivity contribution in [1.29, 1.82) is 0 Å². The molecule has 2 N–H and O–H groups in total. The molecule has 0 radical (unpaired) electrons.